The Morgan fingerprint density at radius 1 is 1.33 bits per heavy atom. The Kier molecular flexibility index (Phi) is 2.65. The van der Waals surface area contributed by atoms with E-state index in [1.807, 2.05) is 0 Å². The predicted octanol–water partition coefficient (Wildman–Crippen LogP) is -0.942. The molecule has 2 rings (SSSR count). The maximum Gasteiger partial charge on any atom is 0.312 e. The fourth-order valence-corrected chi connectivity index (χ4v) is 1.80. The first-order chi connectivity index (χ1) is 7.09. The van der Waals surface area contributed by atoms with Crippen LogP contribution in [0.15, 0.2) is 0 Å². The van der Waals surface area contributed by atoms with Gasteiger partial charge in [0, 0.05) is 26.7 Å². The molecule has 1 heterocycles. The third kappa shape index (κ3) is 2.12. The highest BCUT2D eigenvalue weighted by molar-refractivity contribution is 6.35. The minimum absolute atomic E-state index is 0.309. The molecule has 2 aliphatic rings. The summed E-state index contributed by atoms with van der Waals surface area (Å²) in [4.78, 5) is 25.8. The highest BCUT2D eigenvalue weighted by Crippen LogP contribution is 2.32. The fraction of sp³-hybridized carbons (Fsp3) is 0.800. The van der Waals surface area contributed by atoms with Gasteiger partial charge < -0.3 is 14.9 Å². The Morgan fingerprint density at radius 2 is 2.00 bits per heavy atom. The van der Waals surface area contributed by atoms with Gasteiger partial charge in [-0.1, -0.05) is 0 Å². The van der Waals surface area contributed by atoms with Crippen LogP contribution >= 0.6 is 0 Å². The molecule has 2 fully saturated rings. The number of piperazine rings is 1. The molecule has 1 N–H and O–H groups in total. The minimum Gasteiger partial charge on any atom is -0.391 e. The summed E-state index contributed by atoms with van der Waals surface area (Å²) < 4.78 is 0. The number of aliphatic hydroxyl groups excluding tert-OH is 1. The second-order valence-electron chi connectivity index (χ2n) is 4.38. The van der Waals surface area contributed by atoms with Crippen molar-refractivity contribution in [2.75, 3.05) is 26.7 Å². The van der Waals surface area contributed by atoms with Gasteiger partial charge in [-0.05, 0) is 18.8 Å². The monoisotopic (exact) mass is 212 g/mol. The molecule has 0 aromatic heterocycles. The Morgan fingerprint density at radius 3 is 2.60 bits per heavy atom. The molecule has 1 atom stereocenters. The summed E-state index contributed by atoms with van der Waals surface area (Å²) in [7, 11) is 1.62. The summed E-state index contributed by atoms with van der Waals surface area (Å²) in [6.45, 7) is 1.40. The number of hydrogen-bond donors (Lipinski definition) is 1. The first-order valence-corrected chi connectivity index (χ1v) is 5.32. The molecule has 1 aliphatic heterocycles. The van der Waals surface area contributed by atoms with Crippen molar-refractivity contribution in [2.24, 2.45) is 5.92 Å². The summed E-state index contributed by atoms with van der Waals surface area (Å²) in [5.41, 5.74) is 0. The predicted molar refractivity (Wildman–Crippen MR) is 52.9 cm³/mol. The van der Waals surface area contributed by atoms with Crippen molar-refractivity contribution in [1.82, 2.24) is 9.80 Å². The quantitative estimate of drug-likeness (QED) is 0.614. The highest BCUT2D eigenvalue weighted by atomic mass is 16.3. The van der Waals surface area contributed by atoms with Crippen molar-refractivity contribution in [3.63, 3.8) is 0 Å². The molecule has 0 aromatic carbocycles. The van der Waals surface area contributed by atoms with Crippen LogP contribution in [0.4, 0.5) is 0 Å². The zero-order valence-corrected chi connectivity index (χ0v) is 8.85. The second kappa shape index (κ2) is 3.81. The molecule has 5 heteroatoms. The third-order valence-electron chi connectivity index (χ3n) is 3.10. The van der Waals surface area contributed by atoms with Crippen LogP contribution in [0, 0.1) is 5.92 Å². The Hall–Kier alpha value is -1.10. The van der Waals surface area contributed by atoms with Gasteiger partial charge in [0.2, 0.25) is 0 Å². The van der Waals surface area contributed by atoms with Gasteiger partial charge in [-0.25, -0.2) is 0 Å². The van der Waals surface area contributed by atoms with Crippen molar-refractivity contribution in [1.29, 1.82) is 0 Å². The smallest absolute Gasteiger partial charge is 0.312 e. The molecule has 0 radical (unpaired) electrons. The summed E-state index contributed by atoms with van der Waals surface area (Å²) in [6.07, 6.45) is 1.62. The van der Waals surface area contributed by atoms with E-state index in [2.05, 4.69) is 0 Å². The van der Waals surface area contributed by atoms with E-state index in [4.69, 9.17) is 0 Å². The number of aliphatic hydroxyl groups is 1. The molecule has 1 saturated carbocycles. The van der Waals surface area contributed by atoms with Gasteiger partial charge in [0.05, 0.1) is 6.10 Å². The van der Waals surface area contributed by atoms with Gasteiger partial charge in [-0.2, -0.15) is 0 Å². The van der Waals surface area contributed by atoms with Gasteiger partial charge >= 0.3 is 11.8 Å². The SMILES string of the molecule is CN1CCN(CC(O)C2CC2)C(=O)C1=O. The van der Waals surface area contributed by atoms with Crippen molar-refractivity contribution < 1.29 is 14.7 Å². The molecule has 5 nitrogen and oxygen atoms in total. The number of hydrogen-bond acceptors (Lipinski definition) is 3. The summed E-state index contributed by atoms with van der Waals surface area (Å²) >= 11 is 0. The van der Waals surface area contributed by atoms with Crippen LogP contribution in [0.2, 0.25) is 0 Å². The summed E-state index contributed by atoms with van der Waals surface area (Å²) in [6, 6.07) is 0. The molecule has 2 amide bonds. The number of β-amino-alcohol motifs (C(OH)–C–C–N with tert-alkyl or cyclic N) is 1. The second-order valence-corrected chi connectivity index (χ2v) is 4.38. The van der Waals surface area contributed by atoms with Crippen LogP contribution in [0.5, 0.6) is 0 Å². The molecule has 1 saturated heterocycles. The zero-order chi connectivity index (χ0) is 11.0. The maximum absolute atomic E-state index is 11.5. The van der Waals surface area contributed by atoms with E-state index in [0.29, 0.717) is 25.6 Å². The number of carbonyl (C=O) groups excluding carboxylic acids is 2. The van der Waals surface area contributed by atoms with E-state index in [1.54, 1.807) is 7.05 Å². The van der Waals surface area contributed by atoms with Gasteiger partial charge in [-0.15, -0.1) is 0 Å². The molecule has 0 aromatic rings. The van der Waals surface area contributed by atoms with E-state index < -0.39 is 17.9 Å². The average Bonchev–Trinajstić information content (AvgIpc) is 3.02. The lowest BCUT2D eigenvalue weighted by Crippen LogP contribution is -2.54. The lowest BCUT2D eigenvalue weighted by atomic mass is 10.2. The number of amides is 2. The van der Waals surface area contributed by atoms with E-state index in [9.17, 15) is 14.7 Å². The average molecular weight is 212 g/mol. The molecule has 0 spiro atoms. The van der Waals surface area contributed by atoms with E-state index in [-0.39, 0.29) is 0 Å². The van der Waals surface area contributed by atoms with Crippen LogP contribution in [0.3, 0.4) is 0 Å². The number of nitrogens with zero attached hydrogens (tertiary/aromatic N) is 2. The van der Waals surface area contributed by atoms with Crippen molar-refractivity contribution >= 4 is 11.8 Å². The Balaban J connectivity index is 1.91. The normalized spacial score (nSPS) is 24.7. The number of likely N-dealkylation sites (N-methyl/N-ethyl adjacent to an activating group) is 1. The van der Waals surface area contributed by atoms with Crippen LogP contribution in [0.1, 0.15) is 12.8 Å². The lowest BCUT2D eigenvalue weighted by Gasteiger charge is -2.32. The molecule has 15 heavy (non-hydrogen) atoms. The van der Waals surface area contributed by atoms with E-state index >= 15 is 0 Å². The van der Waals surface area contributed by atoms with Gasteiger partial charge in [-0.3, -0.25) is 9.59 Å². The number of rotatable bonds is 3. The first kappa shape index (κ1) is 10.4. The standard InChI is InChI=1S/C10H16N2O3/c1-11-4-5-12(10(15)9(11)14)6-8(13)7-2-3-7/h7-8,13H,2-6H2,1H3. The highest BCUT2D eigenvalue weighted by Gasteiger charge is 2.35. The summed E-state index contributed by atoms with van der Waals surface area (Å²) in [5, 5.41) is 9.69. The molecular weight excluding hydrogens is 196 g/mol. The minimum atomic E-state index is -0.483. The Labute approximate surface area is 88.6 Å². The molecule has 0 bridgehead atoms. The molecular formula is C10H16N2O3. The van der Waals surface area contributed by atoms with Gasteiger partial charge in [0.1, 0.15) is 0 Å². The van der Waals surface area contributed by atoms with Crippen molar-refractivity contribution in [2.45, 2.75) is 18.9 Å². The van der Waals surface area contributed by atoms with Crippen LogP contribution in [-0.2, 0) is 9.59 Å². The van der Waals surface area contributed by atoms with Crippen LogP contribution < -0.4 is 0 Å². The molecule has 84 valence electrons. The largest absolute Gasteiger partial charge is 0.391 e. The Bertz CT molecular complexity index is 288. The molecule has 1 unspecified atom stereocenters. The zero-order valence-electron chi connectivity index (χ0n) is 8.85. The van der Waals surface area contributed by atoms with Crippen molar-refractivity contribution in [3.8, 4) is 0 Å². The van der Waals surface area contributed by atoms with E-state index in [1.165, 1.54) is 9.80 Å². The van der Waals surface area contributed by atoms with Gasteiger partial charge in [0.15, 0.2) is 0 Å². The fourth-order valence-electron chi connectivity index (χ4n) is 1.80. The maximum atomic E-state index is 11.5. The first-order valence-electron chi connectivity index (χ1n) is 5.32. The third-order valence-corrected chi connectivity index (χ3v) is 3.10. The lowest BCUT2D eigenvalue weighted by molar-refractivity contribution is -0.155. The van der Waals surface area contributed by atoms with E-state index in [0.717, 1.165) is 12.8 Å². The molecule has 1 aliphatic carbocycles. The summed E-state index contributed by atoms with van der Waals surface area (Å²) in [5.74, 6) is -0.611. The van der Waals surface area contributed by atoms with Crippen LogP contribution in [0.25, 0.3) is 0 Å². The van der Waals surface area contributed by atoms with Gasteiger partial charge in [0.25, 0.3) is 0 Å². The van der Waals surface area contributed by atoms with Crippen molar-refractivity contribution in [3.05, 3.63) is 0 Å². The number of carbonyl (C=O) groups is 2. The van der Waals surface area contributed by atoms with Crippen LogP contribution in [-0.4, -0.2) is 59.5 Å². The topological polar surface area (TPSA) is 60.9 Å².